The summed E-state index contributed by atoms with van der Waals surface area (Å²) in [6, 6.07) is 13.1. The summed E-state index contributed by atoms with van der Waals surface area (Å²) in [4.78, 5) is 25.7. The van der Waals surface area contributed by atoms with E-state index >= 15 is 0 Å². The maximum absolute atomic E-state index is 12.5. The minimum Gasteiger partial charge on any atom is -0.489 e. The number of carbonyl (C=O) groups is 1. The normalized spacial score (nSPS) is 14.4. The summed E-state index contributed by atoms with van der Waals surface area (Å²) >= 11 is 0. The number of hydrogen-bond acceptors (Lipinski definition) is 7. The maximum atomic E-state index is 12.5. The zero-order chi connectivity index (χ0) is 21.3. The van der Waals surface area contributed by atoms with Gasteiger partial charge in [0.15, 0.2) is 5.76 Å². The molecule has 0 aliphatic carbocycles. The molecular formula is C23H27N5O3. The van der Waals surface area contributed by atoms with Crippen LogP contribution in [0.4, 0.5) is 5.95 Å². The van der Waals surface area contributed by atoms with Crippen molar-refractivity contribution in [3.05, 3.63) is 72.4 Å². The van der Waals surface area contributed by atoms with E-state index in [1.54, 1.807) is 18.5 Å². The molecule has 0 saturated carbocycles. The highest BCUT2D eigenvalue weighted by Gasteiger charge is 2.19. The third-order valence-corrected chi connectivity index (χ3v) is 5.23. The van der Waals surface area contributed by atoms with Gasteiger partial charge < -0.3 is 19.4 Å². The van der Waals surface area contributed by atoms with Gasteiger partial charge in [-0.25, -0.2) is 9.97 Å². The van der Waals surface area contributed by atoms with Gasteiger partial charge in [0.1, 0.15) is 12.4 Å². The van der Waals surface area contributed by atoms with E-state index in [4.69, 9.17) is 9.15 Å². The van der Waals surface area contributed by atoms with Crippen LogP contribution in [0.3, 0.4) is 0 Å². The van der Waals surface area contributed by atoms with Crippen molar-refractivity contribution in [2.75, 3.05) is 44.2 Å². The summed E-state index contributed by atoms with van der Waals surface area (Å²) in [5.41, 5.74) is 0.737. The Morgan fingerprint density at radius 1 is 1.03 bits per heavy atom. The van der Waals surface area contributed by atoms with Crippen LogP contribution in [0.2, 0.25) is 0 Å². The molecule has 1 aliphatic rings. The van der Waals surface area contributed by atoms with E-state index in [0.29, 0.717) is 18.9 Å². The van der Waals surface area contributed by atoms with Crippen LogP contribution in [0.25, 0.3) is 0 Å². The molecule has 162 valence electrons. The van der Waals surface area contributed by atoms with Crippen molar-refractivity contribution in [2.24, 2.45) is 0 Å². The fraction of sp³-hybridized carbons (Fsp3) is 0.348. The molecule has 31 heavy (non-hydrogen) atoms. The van der Waals surface area contributed by atoms with Gasteiger partial charge in [-0.3, -0.25) is 9.69 Å². The molecule has 8 heteroatoms. The molecule has 0 atom stereocenters. The van der Waals surface area contributed by atoms with Crippen molar-refractivity contribution < 1.29 is 13.9 Å². The quantitative estimate of drug-likeness (QED) is 0.532. The molecule has 1 fully saturated rings. The van der Waals surface area contributed by atoms with E-state index < -0.39 is 0 Å². The molecule has 8 nitrogen and oxygen atoms in total. The van der Waals surface area contributed by atoms with Crippen LogP contribution >= 0.6 is 0 Å². The lowest BCUT2D eigenvalue weighted by molar-refractivity contribution is 0.0920. The third-order valence-electron chi connectivity index (χ3n) is 5.23. The van der Waals surface area contributed by atoms with Crippen LogP contribution in [0, 0.1) is 0 Å². The SMILES string of the molecule is O=C(NCCCN1CCN(c2ncccn2)CC1)c1occc1COc1ccccc1. The molecule has 0 spiro atoms. The molecule has 4 rings (SSSR count). The van der Waals surface area contributed by atoms with E-state index in [0.717, 1.165) is 56.4 Å². The fourth-order valence-electron chi connectivity index (χ4n) is 3.54. The second kappa shape index (κ2) is 10.6. The average Bonchev–Trinajstić information content (AvgIpc) is 3.31. The zero-order valence-electron chi connectivity index (χ0n) is 17.4. The number of nitrogens with zero attached hydrogens (tertiary/aromatic N) is 4. The number of carbonyl (C=O) groups excluding carboxylic acids is 1. The Morgan fingerprint density at radius 2 is 1.81 bits per heavy atom. The Bertz CT molecular complexity index is 940. The highest BCUT2D eigenvalue weighted by Crippen LogP contribution is 2.16. The first-order valence-electron chi connectivity index (χ1n) is 10.6. The number of piperazine rings is 1. The summed E-state index contributed by atoms with van der Waals surface area (Å²) < 4.78 is 11.1. The number of hydrogen-bond donors (Lipinski definition) is 1. The molecule has 3 heterocycles. The van der Waals surface area contributed by atoms with Crippen molar-refractivity contribution in [3.63, 3.8) is 0 Å². The van der Waals surface area contributed by atoms with Gasteiger partial charge >= 0.3 is 0 Å². The minimum atomic E-state index is -0.206. The highest BCUT2D eigenvalue weighted by atomic mass is 16.5. The molecule has 1 amide bonds. The first-order valence-corrected chi connectivity index (χ1v) is 10.6. The lowest BCUT2D eigenvalue weighted by Gasteiger charge is -2.34. The fourth-order valence-corrected chi connectivity index (χ4v) is 3.54. The van der Waals surface area contributed by atoms with Crippen molar-refractivity contribution >= 4 is 11.9 Å². The van der Waals surface area contributed by atoms with Gasteiger partial charge in [-0.05, 0) is 37.2 Å². The van der Waals surface area contributed by atoms with Crippen LogP contribution in [0.1, 0.15) is 22.5 Å². The molecular weight excluding hydrogens is 394 g/mol. The van der Waals surface area contributed by atoms with E-state index in [1.807, 2.05) is 36.4 Å². The van der Waals surface area contributed by atoms with Gasteiger partial charge in [0.05, 0.1) is 6.26 Å². The number of para-hydroxylation sites is 1. The predicted octanol–water partition coefficient (Wildman–Crippen LogP) is 2.59. The molecule has 0 bridgehead atoms. The number of rotatable bonds is 9. The van der Waals surface area contributed by atoms with Gasteiger partial charge in [0, 0.05) is 50.7 Å². The number of nitrogens with one attached hydrogen (secondary N) is 1. The maximum Gasteiger partial charge on any atom is 0.287 e. The monoisotopic (exact) mass is 421 g/mol. The van der Waals surface area contributed by atoms with Crippen molar-refractivity contribution in [1.29, 1.82) is 0 Å². The Labute approximate surface area is 181 Å². The van der Waals surface area contributed by atoms with Gasteiger partial charge in [-0.2, -0.15) is 0 Å². The predicted molar refractivity (Wildman–Crippen MR) is 117 cm³/mol. The zero-order valence-corrected chi connectivity index (χ0v) is 17.4. The molecule has 3 aromatic rings. The van der Waals surface area contributed by atoms with Crippen molar-refractivity contribution in [1.82, 2.24) is 20.2 Å². The van der Waals surface area contributed by atoms with E-state index in [9.17, 15) is 4.79 Å². The standard InChI is InChI=1S/C23H27N5O3/c29-22(21-19(8-17-30-21)18-31-20-6-2-1-3-7-20)24-11-5-12-27-13-15-28(16-14-27)23-25-9-4-10-26-23/h1-4,6-10,17H,5,11-16,18H2,(H,24,29). The Balaban J connectivity index is 1.16. The van der Waals surface area contributed by atoms with Crippen LogP contribution in [0.15, 0.2) is 65.5 Å². The van der Waals surface area contributed by atoms with E-state index in [2.05, 4.69) is 25.1 Å². The number of furan rings is 1. The second-order valence-electron chi connectivity index (χ2n) is 7.36. The number of aromatic nitrogens is 2. The second-order valence-corrected chi connectivity index (χ2v) is 7.36. The summed E-state index contributed by atoms with van der Waals surface area (Å²) in [7, 11) is 0. The average molecular weight is 422 g/mol. The molecule has 1 saturated heterocycles. The minimum absolute atomic E-state index is 0.206. The summed E-state index contributed by atoms with van der Waals surface area (Å²) in [6.45, 7) is 5.57. The summed E-state index contributed by atoms with van der Waals surface area (Å²) in [6.07, 6.45) is 5.95. The first kappa shape index (κ1) is 20.9. The summed E-state index contributed by atoms with van der Waals surface area (Å²) in [5, 5.41) is 2.95. The van der Waals surface area contributed by atoms with Crippen LogP contribution in [0.5, 0.6) is 5.75 Å². The number of benzene rings is 1. The largest absolute Gasteiger partial charge is 0.489 e. The van der Waals surface area contributed by atoms with Gasteiger partial charge in [-0.15, -0.1) is 0 Å². The summed E-state index contributed by atoms with van der Waals surface area (Å²) in [5.74, 6) is 1.66. The van der Waals surface area contributed by atoms with Crippen LogP contribution < -0.4 is 15.0 Å². The Hall–Kier alpha value is -3.39. The highest BCUT2D eigenvalue weighted by molar-refractivity contribution is 5.92. The molecule has 1 N–H and O–H groups in total. The number of ether oxygens (including phenoxy) is 1. The number of anilines is 1. The smallest absolute Gasteiger partial charge is 0.287 e. The topological polar surface area (TPSA) is 83.7 Å². The molecule has 2 aromatic heterocycles. The Morgan fingerprint density at radius 3 is 2.58 bits per heavy atom. The number of amides is 1. The van der Waals surface area contributed by atoms with E-state index in [-0.39, 0.29) is 5.91 Å². The third kappa shape index (κ3) is 5.82. The van der Waals surface area contributed by atoms with Gasteiger partial charge in [0.2, 0.25) is 5.95 Å². The van der Waals surface area contributed by atoms with Crippen molar-refractivity contribution in [2.45, 2.75) is 13.0 Å². The Kier molecular flexibility index (Phi) is 7.12. The van der Waals surface area contributed by atoms with Crippen molar-refractivity contribution in [3.8, 4) is 5.75 Å². The van der Waals surface area contributed by atoms with Gasteiger partial charge in [0.25, 0.3) is 5.91 Å². The van der Waals surface area contributed by atoms with Crippen LogP contribution in [-0.4, -0.2) is 60.0 Å². The molecule has 1 aliphatic heterocycles. The molecule has 0 radical (unpaired) electrons. The first-order chi connectivity index (χ1) is 15.3. The lowest BCUT2D eigenvalue weighted by atomic mass is 10.2. The van der Waals surface area contributed by atoms with Crippen LogP contribution in [-0.2, 0) is 6.61 Å². The molecule has 0 unspecified atom stereocenters. The van der Waals surface area contributed by atoms with E-state index in [1.165, 1.54) is 6.26 Å². The lowest BCUT2D eigenvalue weighted by Crippen LogP contribution is -2.47. The molecule has 1 aromatic carbocycles. The van der Waals surface area contributed by atoms with Gasteiger partial charge in [-0.1, -0.05) is 18.2 Å².